The molecule has 0 heterocycles. The summed E-state index contributed by atoms with van der Waals surface area (Å²) in [6.45, 7) is 2.29. The van der Waals surface area contributed by atoms with Crippen LogP contribution in [0.2, 0.25) is 0 Å². The third-order valence-corrected chi connectivity index (χ3v) is 5.52. The fourth-order valence-electron chi connectivity index (χ4n) is 3.51. The van der Waals surface area contributed by atoms with Crippen LogP contribution in [0.3, 0.4) is 0 Å². The molecule has 150 valence electrons. The van der Waals surface area contributed by atoms with Crippen LogP contribution < -0.4 is 0 Å². The van der Waals surface area contributed by atoms with Crippen LogP contribution in [0.5, 0.6) is 0 Å². The number of unbranched alkanes of at least 4 members (excludes halogenated alkanes) is 17. The van der Waals surface area contributed by atoms with Crippen LogP contribution in [0.25, 0.3) is 0 Å². The standard InChI is InChI=1S/C23H47OP/c1-2-3-4-5-6-7-8-9-10-11-12-13-14-15-16-17-18-19-20-23(24)21-22-25/h2-22,25H2,1H3. The third-order valence-electron chi connectivity index (χ3n) is 5.23. The summed E-state index contributed by atoms with van der Waals surface area (Å²) in [4.78, 5) is 11.4. The molecule has 1 nitrogen and oxygen atoms in total. The lowest BCUT2D eigenvalue weighted by molar-refractivity contribution is -0.118. The molecule has 0 aliphatic heterocycles. The van der Waals surface area contributed by atoms with Gasteiger partial charge in [0.1, 0.15) is 5.78 Å². The summed E-state index contributed by atoms with van der Waals surface area (Å²) >= 11 is 0. The van der Waals surface area contributed by atoms with E-state index in [9.17, 15) is 4.79 Å². The van der Waals surface area contributed by atoms with Gasteiger partial charge in [-0.2, -0.15) is 0 Å². The van der Waals surface area contributed by atoms with E-state index in [0.717, 1.165) is 25.4 Å². The molecule has 0 spiro atoms. The summed E-state index contributed by atoms with van der Waals surface area (Å²) in [6, 6.07) is 0. The van der Waals surface area contributed by atoms with Crippen molar-refractivity contribution in [2.24, 2.45) is 0 Å². The summed E-state index contributed by atoms with van der Waals surface area (Å²) in [6.07, 6.45) is 27.7. The molecule has 0 aliphatic carbocycles. The Kier molecular flexibility index (Phi) is 22.2. The average Bonchev–Trinajstić information content (AvgIpc) is 2.61. The molecule has 25 heavy (non-hydrogen) atoms. The Balaban J connectivity index is 3.02. The predicted molar refractivity (Wildman–Crippen MR) is 118 cm³/mol. The molecular weight excluding hydrogens is 323 g/mol. The van der Waals surface area contributed by atoms with Gasteiger partial charge in [0, 0.05) is 12.8 Å². The molecule has 0 aromatic rings. The Morgan fingerprint density at radius 2 is 0.840 bits per heavy atom. The first kappa shape index (κ1) is 25.1. The topological polar surface area (TPSA) is 17.1 Å². The van der Waals surface area contributed by atoms with E-state index >= 15 is 0 Å². The van der Waals surface area contributed by atoms with E-state index in [1.165, 1.54) is 109 Å². The highest BCUT2D eigenvalue weighted by Gasteiger charge is 1.99. The lowest BCUT2D eigenvalue weighted by atomic mass is 10.0. The highest BCUT2D eigenvalue weighted by molar-refractivity contribution is 7.16. The first-order chi connectivity index (χ1) is 12.3. The van der Waals surface area contributed by atoms with Gasteiger partial charge in [-0.25, -0.2) is 0 Å². The van der Waals surface area contributed by atoms with Gasteiger partial charge in [-0.05, 0) is 12.6 Å². The largest absolute Gasteiger partial charge is 0.300 e. The lowest BCUT2D eigenvalue weighted by Gasteiger charge is -2.04. The van der Waals surface area contributed by atoms with Crippen molar-refractivity contribution in [2.45, 2.75) is 135 Å². The highest BCUT2D eigenvalue weighted by atomic mass is 31.0. The molecule has 0 aliphatic rings. The maximum Gasteiger partial charge on any atom is 0.133 e. The van der Waals surface area contributed by atoms with Crippen molar-refractivity contribution in [3.8, 4) is 0 Å². The number of carbonyl (C=O) groups excluding carboxylic acids is 1. The molecule has 0 saturated heterocycles. The zero-order valence-electron chi connectivity index (χ0n) is 17.3. The van der Waals surface area contributed by atoms with Gasteiger partial charge in [0.05, 0.1) is 0 Å². The Labute approximate surface area is 161 Å². The smallest absolute Gasteiger partial charge is 0.133 e. The summed E-state index contributed by atoms with van der Waals surface area (Å²) in [5.74, 6) is 0.450. The van der Waals surface area contributed by atoms with E-state index < -0.39 is 0 Å². The Morgan fingerprint density at radius 3 is 1.16 bits per heavy atom. The molecule has 0 N–H and O–H groups in total. The minimum Gasteiger partial charge on any atom is -0.300 e. The quantitative estimate of drug-likeness (QED) is 0.147. The van der Waals surface area contributed by atoms with E-state index in [1.54, 1.807) is 0 Å². The number of hydrogen-bond acceptors (Lipinski definition) is 1. The molecule has 0 saturated carbocycles. The van der Waals surface area contributed by atoms with Crippen LogP contribution in [0.4, 0.5) is 0 Å². The van der Waals surface area contributed by atoms with Crippen LogP contribution in [0.15, 0.2) is 0 Å². The summed E-state index contributed by atoms with van der Waals surface area (Å²) in [7, 11) is 2.64. The first-order valence-corrected chi connectivity index (χ1v) is 12.3. The zero-order chi connectivity index (χ0) is 18.4. The van der Waals surface area contributed by atoms with Gasteiger partial charge >= 0.3 is 0 Å². The molecule has 0 fully saturated rings. The van der Waals surface area contributed by atoms with Crippen LogP contribution in [0.1, 0.15) is 135 Å². The van der Waals surface area contributed by atoms with Crippen molar-refractivity contribution >= 4 is 15.0 Å². The molecule has 0 radical (unpaired) electrons. The van der Waals surface area contributed by atoms with Gasteiger partial charge < -0.3 is 0 Å². The van der Waals surface area contributed by atoms with E-state index in [0.29, 0.717) is 5.78 Å². The molecular formula is C23H47OP. The summed E-state index contributed by atoms with van der Waals surface area (Å²) < 4.78 is 0. The van der Waals surface area contributed by atoms with Gasteiger partial charge in [-0.1, -0.05) is 116 Å². The van der Waals surface area contributed by atoms with Crippen molar-refractivity contribution in [3.05, 3.63) is 0 Å². The lowest BCUT2D eigenvalue weighted by Crippen LogP contribution is -1.97. The normalized spacial score (nSPS) is 11.1. The van der Waals surface area contributed by atoms with Gasteiger partial charge in [0.15, 0.2) is 0 Å². The fourth-order valence-corrected chi connectivity index (χ4v) is 3.83. The Hall–Kier alpha value is 0.100. The minimum absolute atomic E-state index is 0.450. The number of Topliss-reactive ketones (excluding diaryl/α,β-unsaturated/α-hetero) is 1. The van der Waals surface area contributed by atoms with Crippen LogP contribution >= 0.6 is 9.24 Å². The predicted octanol–water partition coefficient (Wildman–Crippen LogP) is 8.25. The van der Waals surface area contributed by atoms with E-state index in [1.807, 2.05) is 0 Å². The fraction of sp³-hybridized carbons (Fsp3) is 0.957. The molecule has 1 atom stereocenters. The van der Waals surface area contributed by atoms with Crippen LogP contribution in [-0.4, -0.2) is 11.9 Å². The molecule has 0 bridgehead atoms. The van der Waals surface area contributed by atoms with Gasteiger partial charge in [-0.3, -0.25) is 4.79 Å². The van der Waals surface area contributed by atoms with Crippen molar-refractivity contribution < 1.29 is 4.79 Å². The molecule has 2 heteroatoms. The second kappa shape index (κ2) is 22.1. The van der Waals surface area contributed by atoms with Crippen molar-refractivity contribution in [2.75, 3.05) is 6.16 Å². The number of hydrogen-bond donors (Lipinski definition) is 0. The molecule has 0 amide bonds. The second-order valence-corrected chi connectivity index (χ2v) is 8.42. The maximum atomic E-state index is 11.4. The third kappa shape index (κ3) is 22.1. The summed E-state index contributed by atoms with van der Waals surface area (Å²) in [5, 5.41) is 0. The highest BCUT2D eigenvalue weighted by Crippen LogP contribution is 2.14. The molecule has 0 aromatic carbocycles. The van der Waals surface area contributed by atoms with Gasteiger partial charge in [0.25, 0.3) is 0 Å². The van der Waals surface area contributed by atoms with Crippen molar-refractivity contribution in [1.29, 1.82) is 0 Å². The van der Waals surface area contributed by atoms with E-state index in [-0.39, 0.29) is 0 Å². The van der Waals surface area contributed by atoms with E-state index in [2.05, 4.69) is 16.2 Å². The molecule has 0 aromatic heterocycles. The number of ketones is 1. The first-order valence-electron chi connectivity index (χ1n) is 11.5. The van der Waals surface area contributed by atoms with Gasteiger partial charge in [0.2, 0.25) is 0 Å². The monoisotopic (exact) mass is 370 g/mol. The molecule has 1 unspecified atom stereocenters. The SMILES string of the molecule is CCCCCCCCCCCCCCCCCCCCC(=O)CCP. The van der Waals surface area contributed by atoms with Gasteiger partial charge in [-0.15, -0.1) is 9.24 Å². The van der Waals surface area contributed by atoms with E-state index in [4.69, 9.17) is 0 Å². The van der Waals surface area contributed by atoms with Crippen molar-refractivity contribution in [1.82, 2.24) is 0 Å². The number of rotatable bonds is 21. The van der Waals surface area contributed by atoms with Crippen LogP contribution in [0, 0.1) is 0 Å². The maximum absolute atomic E-state index is 11.4. The van der Waals surface area contributed by atoms with Crippen molar-refractivity contribution in [3.63, 3.8) is 0 Å². The average molecular weight is 371 g/mol. The number of carbonyl (C=O) groups is 1. The minimum atomic E-state index is 0.450. The van der Waals surface area contributed by atoms with Crippen LogP contribution in [-0.2, 0) is 4.79 Å². The molecule has 0 rings (SSSR count). The Bertz CT molecular complexity index is 265. The summed E-state index contributed by atoms with van der Waals surface area (Å²) in [5.41, 5.74) is 0. The Morgan fingerprint density at radius 1 is 0.520 bits per heavy atom. The second-order valence-electron chi connectivity index (χ2n) is 7.84. The zero-order valence-corrected chi connectivity index (χ0v) is 18.5.